The molecular weight excluding hydrogens is 545 g/mol. The molecule has 0 spiro atoms. The molecule has 0 saturated carbocycles. The van der Waals surface area contributed by atoms with E-state index < -0.39 is 39.9 Å². The summed E-state index contributed by atoms with van der Waals surface area (Å²) in [5.41, 5.74) is 1.92. The van der Waals surface area contributed by atoms with E-state index in [1.165, 1.54) is 31.2 Å². The minimum absolute atomic E-state index is 0.254. The number of hydrazone groups is 1. The Bertz CT molecular complexity index is 1480. The first-order valence-corrected chi connectivity index (χ1v) is 12.8. The van der Waals surface area contributed by atoms with Crippen LogP contribution in [0.3, 0.4) is 0 Å². The van der Waals surface area contributed by atoms with E-state index in [1.54, 1.807) is 37.3 Å². The fourth-order valence-corrected chi connectivity index (χ4v) is 5.02. The number of carbonyl (C=O) groups excluding carboxylic acids is 2. The number of nitrogens with zero attached hydrogens (tertiary/aromatic N) is 2. The SMILES string of the molecule is CC(=O)Nc1cccc(/C(C)=N\NC(=O)CN(c2cc(C(F)(F)F)ccc2Cl)S(=O)(=O)c2ccccc2)c1. The Morgan fingerprint density at radius 2 is 1.66 bits per heavy atom. The lowest BCUT2D eigenvalue weighted by molar-refractivity contribution is -0.137. The molecule has 38 heavy (non-hydrogen) atoms. The van der Waals surface area contributed by atoms with Crippen LogP contribution in [0.15, 0.2) is 82.8 Å². The summed E-state index contributed by atoms with van der Waals surface area (Å²) in [6, 6.07) is 15.7. The van der Waals surface area contributed by atoms with Gasteiger partial charge in [-0.15, -0.1) is 0 Å². The molecule has 0 fully saturated rings. The molecule has 3 aromatic rings. The third kappa shape index (κ3) is 7.11. The van der Waals surface area contributed by atoms with Crippen LogP contribution < -0.4 is 15.0 Å². The van der Waals surface area contributed by atoms with Crippen molar-refractivity contribution < 1.29 is 31.2 Å². The van der Waals surface area contributed by atoms with Crippen LogP contribution in [0.2, 0.25) is 5.02 Å². The van der Waals surface area contributed by atoms with Crippen molar-refractivity contribution >= 4 is 50.5 Å². The molecule has 2 N–H and O–H groups in total. The summed E-state index contributed by atoms with van der Waals surface area (Å²) in [6.07, 6.45) is -4.78. The number of sulfonamides is 1. The molecule has 0 aliphatic rings. The van der Waals surface area contributed by atoms with Crippen molar-refractivity contribution in [2.24, 2.45) is 5.10 Å². The fraction of sp³-hybridized carbons (Fsp3) is 0.160. The molecule has 3 aromatic carbocycles. The van der Waals surface area contributed by atoms with Crippen molar-refractivity contribution in [2.45, 2.75) is 24.9 Å². The minimum atomic E-state index is -4.78. The number of hydrogen-bond acceptors (Lipinski definition) is 5. The summed E-state index contributed by atoms with van der Waals surface area (Å²) in [7, 11) is -4.51. The van der Waals surface area contributed by atoms with Gasteiger partial charge in [-0.1, -0.05) is 41.9 Å². The summed E-state index contributed by atoms with van der Waals surface area (Å²) in [6.45, 7) is 2.00. The number of alkyl halides is 3. The standard InChI is InChI=1S/C25H22ClF3N4O4S/c1-16(18-7-6-8-20(13-18)30-17(2)34)31-32-24(35)15-33(38(36,37)21-9-4-3-5-10-21)23-14-19(25(27,28)29)11-12-22(23)26/h3-14H,15H2,1-2H3,(H,30,34)(H,32,35)/b31-16-. The van der Waals surface area contributed by atoms with E-state index in [2.05, 4.69) is 15.8 Å². The van der Waals surface area contributed by atoms with E-state index in [1.807, 2.05) is 0 Å². The summed E-state index contributed by atoms with van der Waals surface area (Å²) in [5.74, 6) is -1.21. The lowest BCUT2D eigenvalue weighted by Gasteiger charge is -2.25. The number of benzene rings is 3. The van der Waals surface area contributed by atoms with Crippen LogP contribution in [-0.4, -0.2) is 32.5 Å². The van der Waals surface area contributed by atoms with Crippen molar-refractivity contribution in [3.05, 3.63) is 88.9 Å². The minimum Gasteiger partial charge on any atom is -0.326 e. The highest BCUT2D eigenvalue weighted by molar-refractivity contribution is 7.92. The Labute approximate surface area is 222 Å². The van der Waals surface area contributed by atoms with E-state index in [4.69, 9.17) is 11.6 Å². The predicted molar refractivity (Wildman–Crippen MR) is 139 cm³/mol. The van der Waals surface area contributed by atoms with E-state index in [9.17, 15) is 31.2 Å². The van der Waals surface area contributed by atoms with Gasteiger partial charge in [-0.25, -0.2) is 13.8 Å². The highest BCUT2D eigenvalue weighted by Crippen LogP contribution is 2.37. The Balaban J connectivity index is 1.94. The van der Waals surface area contributed by atoms with Gasteiger partial charge in [0.2, 0.25) is 5.91 Å². The average molecular weight is 567 g/mol. The first kappa shape index (κ1) is 28.7. The quantitative estimate of drug-likeness (QED) is 0.294. The van der Waals surface area contributed by atoms with Crippen LogP contribution in [0.25, 0.3) is 0 Å². The Morgan fingerprint density at radius 1 is 0.974 bits per heavy atom. The van der Waals surface area contributed by atoms with Crippen LogP contribution in [0.5, 0.6) is 0 Å². The largest absolute Gasteiger partial charge is 0.416 e. The normalized spacial score (nSPS) is 12.1. The zero-order chi connectivity index (χ0) is 28.1. The molecule has 0 unspecified atom stereocenters. The molecule has 3 rings (SSSR count). The maximum atomic E-state index is 13.4. The highest BCUT2D eigenvalue weighted by atomic mass is 35.5. The Morgan fingerprint density at radius 3 is 2.29 bits per heavy atom. The maximum absolute atomic E-state index is 13.4. The molecule has 13 heteroatoms. The lowest BCUT2D eigenvalue weighted by Crippen LogP contribution is -2.40. The first-order valence-electron chi connectivity index (χ1n) is 10.9. The molecule has 0 bridgehead atoms. The monoisotopic (exact) mass is 566 g/mol. The molecule has 0 heterocycles. The fourth-order valence-electron chi connectivity index (χ4n) is 3.30. The van der Waals surface area contributed by atoms with Crippen LogP contribution >= 0.6 is 11.6 Å². The summed E-state index contributed by atoms with van der Waals surface area (Å²) in [5, 5.41) is 6.27. The van der Waals surface area contributed by atoms with Crippen LogP contribution in [0, 0.1) is 0 Å². The number of hydrogen-bond donors (Lipinski definition) is 2. The number of anilines is 2. The molecule has 0 atom stereocenters. The number of rotatable bonds is 8. The second-order valence-electron chi connectivity index (χ2n) is 7.98. The number of amides is 2. The van der Waals surface area contributed by atoms with Crippen molar-refractivity contribution in [3.8, 4) is 0 Å². The van der Waals surface area contributed by atoms with E-state index in [0.29, 0.717) is 33.4 Å². The number of halogens is 4. The molecule has 200 valence electrons. The molecule has 8 nitrogen and oxygen atoms in total. The summed E-state index contributed by atoms with van der Waals surface area (Å²) >= 11 is 6.11. The van der Waals surface area contributed by atoms with Crippen molar-refractivity contribution in [3.63, 3.8) is 0 Å². The second kappa shape index (κ2) is 11.7. The van der Waals surface area contributed by atoms with Gasteiger partial charge in [-0.3, -0.25) is 13.9 Å². The predicted octanol–water partition coefficient (Wildman–Crippen LogP) is 5.05. The summed E-state index contributed by atoms with van der Waals surface area (Å²) < 4.78 is 67.5. The van der Waals surface area contributed by atoms with Crippen molar-refractivity contribution in [1.82, 2.24) is 5.43 Å². The van der Waals surface area contributed by atoms with Gasteiger partial charge in [0.05, 0.1) is 26.9 Å². The smallest absolute Gasteiger partial charge is 0.326 e. The van der Waals surface area contributed by atoms with Crippen LogP contribution in [-0.2, 0) is 25.8 Å². The van der Waals surface area contributed by atoms with Gasteiger partial charge in [0.25, 0.3) is 15.9 Å². The van der Waals surface area contributed by atoms with Gasteiger partial charge < -0.3 is 5.32 Å². The molecule has 0 radical (unpaired) electrons. The van der Waals surface area contributed by atoms with E-state index in [0.717, 1.165) is 6.07 Å². The van der Waals surface area contributed by atoms with Crippen molar-refractivity contribution in [2.75, 3.05) is 16.2 Å². The third-order valence-corrected chi connectivity index (χ3v) is 7.20. The highest BCUT2D eigenvalue weighted by Gasteiger charge is 2.34. The molecule has 0 saturated heterocycles. The zero-order valence-electron chi connectivity index (χ0n) is 20.1. The maximum Gasteiger partial charge on any atom is 0.416 e. The molecule has 0 aromatic heterocycles. The topological polar surface area (TPSA) is 108 Å². The average Bonchev–Trinajstić information content (AvgIpc) is 2.86. The van der Waals surface area contributed by atoms with E-state index >= 15 is 0 Å². The molecular formula is C25H22ClF3N4O4S. The Hall–Kier alpha value is -3.90. The van der Waals surface area contributed by atoms with Gasteiger partial charge in [0.15, 0.2) is 0 Å². The Kier molecular flexibility index (Phi) is 8.79. The first-order chi connectivity index (χ1) is 17.8. The zero-order valence-corrected chi connectivity index (χ0v) is 21.7. The van der Waals surface area contributed by atoms with Gasteiger partial charge in [-0.05, 0) is 55.0 Å². The van der Waals surface area contributed by atoms with Gasteiger partial charge >= 0.3 is 6.18 Å². The van der Waals surface area contributed by atoms with Crippen LogP contribution in [0.1, 0.15) is 25.0 Å². The van der Waals surface area contributed by atoms with Crippen molar-refractivity contribution in [1.29, 1.82) is 0 Å². The molecule has 0 aliphatic heterocycles. The molecule has 2 amide bonds. The lowest BCUT2D eigenvalue weighted by atomic mass is 10.1. The number of nitrogens with one attached hydrogen (secondary N) is 2. The third-order valence-electron chi connectivity index (χ3n) is 5.11. The van der Waals surface area contributed by atoms with Gasteiger partial charge in [0, 0.05) is 12.6 Å². The van der Waals surface area contributed by atoms with E-state index in [-0.39, 0.29) is 15.8 Å². The molecule has 0 aliphatic carbocycles. The van der Waals surface area contributed by atoms with Gasteiger partial charge in [0.1, 0.15) is 6.54 Å². The van der Waals surface area contributed by atoms with Crippen LogP contribution in [0.4, 0.5) is 24.5 Å². The summed E-state index contributed by atoms with van der Waals surface area (Å²) in [4.78, 5) is 23.8. The second-order valence-corrected chi connectivity index (χ2v) is 10.3. The number of carbonyl (C=O) groups is 2. The van der Waals surface area contributed by atoms with Gasteiger partial charge in [-0.2, -0.15) is 18.3 Å².